The van der Waals surface area contributed by atoms with Crippen LogP contribution in [0.4, 0.5) is 0 Å². The maximum atomic E-state index is 11.3. The predicted octanol–water partition coefficient (Wildman–Crippen LogP) is 2.60. The monoisotopic (exact) mass is 286 g/mol. The van der Waals surface area contributed by atoms with E-state index < -0.39 is 11.9 Å². The number of rotatable bonds is 4. The zero-order chi connectivity index (χ0) is 15.0. The van der Waals surface area contributed by atoms with Crippen LogP contribution in [0.1, 0.15) is 30.7 Å². The van der Waals surface area contributed by atoms with Gasteiger partial charge in [-0.3, -0.25) is 4.79 Å². The van der Waals surface area contributed by atoms with Gasteiger partial charge in [0.1, 0.15) is 17.5 Å². The van der Waals surface area contributed by atoms with E-state index in [4.69, 9.17) is 4.74 Å². The zero-order valence-corrected chi connectivity index (χ0v) is 12.2. The van der Waals surface area contributed by atoms with Crippen LogP contribution in [0.2, 0.25) is 0 Å². The van der Waals surface area contributed by atoms with Gasteiger partial charge in [0.25, 0.3) is 0 Å². The fraction of sp³-hybridized carbons (Fsp3) is 0.375. The second kappa shape index (κ2) is 5.24. The molecule has 1 atom stereocenters. The minimum atomic E-state index is -0.790. The molecular formula is C16H18N2O3. The van der Waals surface area contributed by atoms with Gasteiger partial charge in [0.15, 0.2) is 0 Å². The third kappa shape index (κ3) is 2.28. The van der Waals surface area contributed by atoms with Gasteiger partial charge < -0.3 is 14.4 Å². The van der Waals surface area contributed by atoms with Crippen molar-refractivity contribution in [1.82, 2.24) is 9.55 Å². The number of carboxylic acids is 1. The summed E-state index contributed by atoms with van der Waals surface area (Å²) >= 11 is 0. The molecule has 5 heteroatoms. The lowest BCUT2D eigenvalue weighted by molar-refractivity contribution is -0.138. The summed E-state index contributed by atoms with van der Waals surface area (Å²) in [5.74, 6) is 0.330. The quantitative estimate of drug-likeness (QED) is 0.938. The first-order chi connectivity index (χ1) is 10.1. The number of fused-ring (bicyclic) bond motifs is 1. The van der Waals surface area contributed by atoms with Gasteiger partial charge in [-0.25, -0.2) is 4.98 Å². The molecule has 21 heavy (non-hydrogen) atoms. The molecule has 0 radical (unpaired) electrons. The number of ether oxygens (including phenoxy) is 1. The first-order valence-corrected chi connectivity index (χ1v) is 7.13. The molecule has 1 aromatic carbocycles. The van der Waals surface area contributed by atoms with Crippen molar-refractivity contribution in [1.29, 1.82) is 0 Å². The van der Waals surface area contributed by atoms with E-state index in [0.717, 1.165) is 29.3 Å². The average molecular weight is 286 g/mol. The molecule has 0 amide bonds. The van der Waals surface area contributed by atoms with E-state index in [-0.39, 0.29) is 0 Å². The first-order valence-electron chi connectivity index (χ1n) is 7.13. The summed E-state index contributed by atoms with van der Waals surface area (Å²) in [6.07, 6.45) is 1.40. The van der Waals surface area contributed by atoms with E-state index in [1.807, 2.05) is 42.8 Å². The predicted molar refractivity (Wildman–Crippen MR) is 78.5 cm³/mol. The molecule has 0 bridgehead atoms. The molecule has 3 rings (SSSR count). The number of aromatic nitrogens is 2. The highest BCUT2D eigenvalue weighted by atomic mass is 16.5. The second-order valence-electron chi connectivity index (χ2n) is 5.22. The fourth-order valence-electron chi connectivity index (χ4n) is 2.94. The Morgan fingerprint density at radius 2 is 2.33 bits per heavy atom. The summed E-state index contributed by atoms with van der Waals surface area (Å²) < 4.78 is 7.52. The summed E-state index contributed by atoms with van der Waals surface area (Å²) in [5.41, 5.74) is 2.68. The van der Waals surface area contributed by atoms with Gasteiger partial charge in [-0.05, 0) is 31.9 Å². The molecule has 110 valence electrons. The number of carboxylic acid groups (broad SMARTS) is 1. The lowest BCUT2D eigenvalue weighted by Gasteiger charge is -2.07. The number of hydrogen-bond donors (Lipinski definition) is 1. The molecule has 1 N–H and O–H groups in total. The van der Waals surface area contributed by atoms with E-state index in [2.05, 4.69) is 4.98 Å². The van der Waals surface area contributed by atoms with Crippen LogP contribution in [-0.4, -0.2) is 27.2 Å². The molecule has 1 aliphatic rings. The molecule has 1 unspecified atom stereocenters. The van der Waals surface area contributed by atoms with Crippen molar-refractivity contribution in [3.8, 4) is 17.1 Å². The van der Waals surface area contributed by atoms with Gasteiger partial charge in [0.05, 0.1) is 12.3 Å². The smallest absolute Gasteiger partial charge is 0.312 e. The molecule has 5 nitrogen and oxygen atoms in total. The van der Waals surface area contributed by atoms with Gasteiger partial charge in [-0.2, -0.15) is 0 Å². The summed E-state index contributed by atoms with van der Waals surface area (Å²) in [5, 5.41) is 9.28. The number of hydrogen-bond acceptors (Lipinski definition) is 3. The lowest BCUT2D eigenvalue weighted by Crippen LogP contribution is -2.08. The van der Waals surface area contributed by atoms with E-state index >= 15 is 0 Å². The Bertz CT molecular complexity index is 691. The van der Waals surface area contributed by atoms with Crippen LogP contribution in [0, 0.1) is 0 Å². The number of benzene rings is 1. The zero-order valence-electron chi connectivity index (χ0n) is 12.2. The maximum absolute atomic E-state index is 11.3. The molecule has 0 aliphatic heterocycles. The number of aliphatic carboxylic acids is 1. The Morgan fingerprint density at radius 1 is 1.52 bits per heavy atom. The Kier molecular flexibility index (Phi) is 3.41. The topological polar surface area (TPSA) is 64.4 Å². The molecule has 0 saturated carbocycles. The van der Waals surface area contributed by atoms with Gasteiger partial charge in [0, 0.05) is 18.3 Å². The molecule has 0 fully saturated rings. The normalized spacial score (nSPS) is 16.8. The Morgan fingerprint density at radius 3 is 3.05 bits per heavy atom. The van der Waals surface area contributed by atoms with Gasteiger partial charge >= 0.3 is 5.97 Å². The van der Waals surface area contributed by atoms with Crippen LogP contribution in [0.3, 0.4) is 0 Å². The largest absolute Gasteiger partial charge is 0.494 e. The summed E-state index contributed by atoms with van der Waals surface area (Å²) in [7, 11) is 1.94. The van der Waals surface area contributed by atoms with Crippen molar-refractivity contribution in [3.63, 3.8) is 0 Å². The van der Waals surface area contributed by atoms with Crippen molar-refractivity contribution >= 4 is 5.97 Å². The van der Waals surface area contributed by atoms with E-state index in [9.17, 15) is 9.90 Å². The molecule has 0 saturated heterocycles. The lowest BCUT2D eigenvalue weighted by atomic mass is 10.1. The molecular weight excluding hydrogens is 268 g/mol. The van der Waals surface area contributed by atoms with E-state index in [1.165, 1.54) is 0 Å². The van der Waals surface area contributed by atoms with Crippen LogP contribution in [-0.2, 0) is 18.3 Å². The third-order valence-corrected chi connectivity index (χ3v) is 3.95. The highest BCUT2D eigenvalue weighted by Gasteiger charge is 2.33. The summed E-state index contributed by atoms with van der Waals surface area (Å²) in [4.78, 5) is 15.9. The van der Waals surface area contributed by atoms with Gasteiger partial charge in [-0.15, -0.1) is 0 Å². The van der Waals surface area contributed by atoms with Crippen LogP contribution >= 0.6 is 0 Å². The average Bonchev–Trinajstić information content (AvgIpc) is 3.00. The minimum Gasteiger partial charge on any atom is -0.494 e. The fourth-order valence-corrected chi connectivity index (χ4v) is 2.94. The van der Waals surface area contributed by atoms with Crippen molar-refractivity contribution < 1.29 is 14.6 Å². The summed E-state index contributed by atoms with van der Waals surface area (Å²) in [6.45, 7) is 2.56. The van der Waals surface area contributed by atoms with Crippen molar-refractivity contribution in [2.45, 2.75) is 25.7 Å². The van der Waals surface area contributed by atoms with Crippen LogP contribution < -0.4 is 4.74 Å². The Hall–Kier alpha value is -2.30. The molecule has 1 aliphatic carbocycles. The van der Waals surface area contributed by atoms with E-state index in [0.29, 0.717) is 18.7 Å². The van der Waals surface area contributed by atoms with Crippen LogP contribution in [0.25, 0.3) is 11.4 Å². The number of carbonyl (C=O) groups is 1. The van der Waals surface area contributed by atoms with Crippen LogP contribution in [0.15, 0.2) is 24.3 Å². The highest BCUT2D eigenvalue weighted by molar-refractivity contribution is 5.77. The standard InChI is InChI=1S/C16H18N2O3/c1-3-21-11-6-4-5-10(9-11)15-17-14-12(16(19)20)7-8-13(14)18(15)2/h4-6,9,12H,3,7-8H2,1-2H3,(H,19,20). The molecule has 2 aromatic rings. The Balaban J connectivity index is 2.03. The molecule has 1 heterocycles. The SMILES string of the molecule is CCOc1cccc(-c2nc3c(n2C)CCC3C(=O)O)c1. The number of imidazole rings is 1. The third-order valence-electron chi connectivity index (χ3n) is 3.95. The van der Waals surface area contributed by atoms with Crippen molar-refractivity contribution in [2.75, 3.05) is 6.61 Å². The molecule has 0 spiro atoms. The van der Waals surface area contributed by atoms with Crippen molar-refractivity contribution in [2.24, 2.45) is 7.05 Å². The first kappa shape index (κ1) is 13.7. The number of nitrogens with zero attached hydrogens (tertiary/aromatic N) is 2. The van der Waals surface area contributed by atoms with Gasteiger partial charge in [0.2, 0.25) is 0 Å². The van der Waals surface area contributed by atoms with Gasteiger partial charge in [-0.1, -0.05) is 12.1 Å². The minimum absolute atomic E-state index is 0.477. The van der Waals surface area contributed by atoms with Crippen molar-refractivity contribution in [3.05, 3.63) is 35.7 Å². The summed E-state index contributed by atoms with van der Waals surface area (Å²) in [6, 6.07) is 7.74. The van der Waals surface area contributed by atoms with E-state index in [1.54, 1.807) is 0 Å². The van der Waals surface area contributed by atoms with Crippen LogP contribution in [0.5, 0.6) is 5.75 Å². The molecule has 1 aromatic heterocycles. The Labute approximate surface area is 123 Å². The second-order valence-corrected chi connectivity index (χ2v) is 5.22. The highest BCUT2D eigenvalue weighted by Crippen LogP contribution is 2.36. The maximum Gasteiger partial charge on any atom is 0.312 e.